The molecule has 0 amide bonds. The SMILES string of the molecule is Cc1cc2c(CN)cccc2n1C1N=Cc2cccn2N1Cc1ccccc1. The number of fused-ring (bicyclic) bond motifs is 2. The highest BCUT2D eigenvalue weighted by molar-refractivity contribution is 5.85. The molecular weight excluding hydrogens is 346 g/mol. The van der Waals surface area contributed by atoms with Crippen molar-refractivity contribution in [2.75, 3.05) is 5.01 Å². The normalized spacial score (nSPS) is 15.9. The van der Waals surface area contributed by atoms with E-state index in [1.807, 2.05) is 12.3 Å². The molecule has 0 aliphatic carbocycles. The van der Waals surface area contributed by atoms with Crippen molar-refractivity contribution in [1.29, 1.82) is 0 Å². The largest absolute Gasteiger partial charge is 0.326 e. The summed E-state index contributed by atoms with van der Waals surface area (Å²) in [7, 11) is 0. The molecule has 2 aromatic carbocycles. The van der Waals surface area contributed by atoms with Crippen LogP contribution < -0.4 is 10.7 Å². The van der Waals surface area contributed by atoms with E-state index in [-0.39, 0.29) is 6.29 Å². The maximum absolute atomic E-state index is 5.98. The predicted molar refractivity (Wildman–Crippen MR) is 114 cm³/mol. The fourth-order valence-electron chi connectivity index (χ4n) is 4.11. The molecule has 3 heterocycles. The Morgan fingerprint density at radius 1 is 1.00 bits per heavy atom. The van der Waals surface area contributed by atoms with E-state index >= 15 is 0 Å². The van der Waals surface area contributed by atoms with Gasteiger partial charge in [0.25, 0.3) is 0 Å². The molecule has 28 heavy (non-hydrogen) atoms. The number of aryl methyl sites for hydroxylation is 1. The van der Waals surface area contributed by atoms with E-state index in [2.05, 4.69) is 88.0 Å². The third-order valence-corrected chi connectivity index (χ3v) is 5.45. The number of nitrogens with two attached hydrogens (primary N) is 1. The van der Waals surface area contributed by atoms with Gasteiger partial charge in [0.15, 0.2) is 0 Å². The topological polar surface area (TPSA) is 51.5 Å². The molecule has 0 saturated carbocycles. The lowest BCUT2D eigenvalue weighted by molar-refractivity contribution is 0.387. The Kier molecular flexibility index (Phi) is 4.02. The van der Waals surface area contributed by atoms with E-state index in [4.69, 9.17) is 10.7 Å². The van der Waals surface area contributed by atoms with Crippen molar-refractivity contribution in [3.8, 4) is 0 Å². The second-order valence-corrected chi connectivity index (χ2v) is 7.20. The molecule has 2 N–H and O–H groups in total. The van der Waals surface area contributed by atoms with Gasteiger partial charge in [-0.2, -0.15) is 0 Å². The van der Waals surface area contributed by atoms with E-state index in [1.54, 1.807) is 0 Å². The highest BCUT2D eigenvalue weighted by atomic mass is 15.6. The quantitative estimate of drug-likeness (QED) is 0.592. The first-order chi connectivity index (χ1) is 13.8. The number of aliphatic imine (C=N–C) groups is 1. The number of aromatic nitrogens is 2. The first-order valence-corrected chi connectivity index (χ1v) is 9.57. The summed E-state index contributed by atoms with van der Waals surface area (Å²) >= 11 is 0. The van der Waals surface area contributed by atoms with E-state index < -0.39 is 0 Å². The van der Waals surface area contributed by atoms with Gasteiger partial charge in [0.1, 0.15) is 0 Å². The van der Waals surface area contributed by atoms with Crippen molar-refractivity contribution in [3.63, 3.8) is 0 Å². The number of rotatable bonds is 4. The van der Waals surface area contributed by atoms with Crippen LogP contribution in [0.25, 0.3) is 10.9 Å². The van der Waals surface area contributed by atoms with Gasteiger partial charge in [0, 0.05) is 23.8 Å². The van der Waals surface area contributed by atoms with Crippen molar-refractivity contribution in [1.82, 2.24) is 9.24 Å². The molecule has 4 aromatic rings. The van der Waals surface area contributed by atoms with Crippen LogP contribution in [0.3, 0.4) is 0 Å². The number of nitrogens with zero attached hydrogens (tertiary/aromatic N) is 4. The van der Waals surface area contributed by atoms with Crippen molar-refractivity contribution in [2.24, 2.45) is 10.7 Å². The Hall–Kier alpha value is -3.31. The van der Waals surface area contributed by atoms with Gasteiger partial charge in [-0.15, -0.1) is 0 Å². The van der Waals surface area contributed by atoms with Gasteiger partial charge in [-0.25, -0.2) is 4.99 Å². The van der Waals surface area contributed by atoms with Gasteiger partial charge in [-0.3, -0.25) is 9.69 Å². The molecule has 0 spiro atoms. The summed E-state index contributed by atoms with van der Waals surface area (Å²) in [5, 5.41) is 3.50. The Morgan fingerprint density at radius 2 is 1.86 bits per heavy atom. The van der Waals surface area contributed by atoms with Gasteiger partial charge >= 0.3 is 0 Å². The minimum atomic E-state index is -0.161. The number of hydrogen-bond acceptors (Lipinski definition) is 3. The number of benzene rings is 2. The second-order valence-electron chi connectivity index (χ2n) is 7.20. The Bertz CT molecular complexity index is 1150. The molecule has 5 nitrogen and oxygen atoms in total. The zero-order valence-corrected chi connectivity index (χ0v) is 15.9. The van der Waals surface area contributed by atoms with Crippen molar-refractivity contribution in [3.05, 3.63) is 95.4 Å². The minimum absolute atomic E-state index is 0.161. The number of hydrogen-bond donors (Lipinski definition) is 1. The van der Waals surface area contributed by atoms with Gasteiger partial charge in [0.2, 0.25) is 6.29 Å². The van der Waals surface area contributed by atoms with Crippen LogP contribution in [0.1, 0.15) is 28.8 Å². The van der Waals surface area contributed by atoms with Crippen molar-refractivity contribution < 1.29 is 0 Å². The molecule has 2 aromatic heterocycles. The van der Waals surface area contributed by atoms with E-state index in [0.717, 1.165) is 23.3 Å². The lowest BCUT2D eigenvalue weighted by Gasteiger charge is -2.37. The zero-order valence-electron chi connectivity index (χ0n) is 15.9. The van der Waals surface area contributed by atoms with Crippen LogP contribution in [-0.2, 0) is 13.1 Å². The molecule has 140 valence electrons. The molecular formula is C23H23N5. The molecule has 0 fully saturated rings. The average molecular weight is 369 g/mol. The minimum Gasteiger partial charge on any atom is -0.326 e. The van der Waals surface area contributed by atoms with Crippen LogP contribution >= 0.6 is 0 Å². The summed E-state index contributed by atoms with van der Waals surface area (Å²) in [5.41, 5.74) is 11.8. The molecule has 0 radical (unpaired) electrons. The lowest BCUT2D eigenvalue weighted by Crippen LogP contribution is -2.42. The fourth-order valence-corrected chi connectivity index (χ4v) is 4.11. The highest BCUT2D eigenvalue weighted by Crippen LogP contribution is 2.31. The fraction of sp³-hybridized carbons (Fsp3) is 0.174. The monoisotopic (exact) mass is 369 g/mol. The van der Waals surface area contributed by atoms with Crippen LogP contribution in [0.15, 0.2) is 77.9 Å². The summed E-state index contributed by atoms with van der Waals surface area (Å²) in [6, 6.07) is 23.2. The van der Waals surface area contributed by atoms with Crippen LogP contribution in [-0.4, -0.2) is 15.5 Å². The predicted octanol–water partition coefficient (Wildman–Crippen LogP) is 3.94. The molecule has 1 aliphatic heterocycles. The molecule has 1 unspecified atom stereocenters. The zero-order chi connectivity index (χ0) is 19.1. The highest BCUT2D eigenvalue weighted by Gasteiger charge is 2.27. The van der Waals surface area contributed by atoms with E-state index in [0.29, 0.717) is 6.54 Å². The molecule has 0 bridgehead atoms. The second kappa shape index (κ2) is 6.69. The molecule has 1 atom stereocenters. The first kappa shape index (κ1) is 16.8. The van der Waals surface area contributed by atoms with Crippen LogP contribution in [0.2, 0.25) is 0 Å². The van der Waals surface area contributed by atoms with Gasteiger partial charge in [-0.1, -0.05) is 42.5 Å². The maximum Gasteiger partial charge on any atom is 0.216 e. The lowest BCUT2D eigenvalue weighted by atomic mass is 10.1. The van der Waals surface area contributed by atoms with Crippen molar-refractivity contribution >= 4 is 17.1 Å². The molecule has 5 rings (SSSR count). The van der Waals surface area contributed by atoms with Crippen LogP contribution in [0, 0.1) is 6.92 Å². The summed E-state index contributed by atoms with van der Waals surface area (Å²) in [4.78, 5) is 4.94. The standard InChI is InChI=1S/C23H23N5/c1-17-13-21-19(14-24)9-5-11-22(21)28(17)23-25-15-20-10-6-12-26(20)27(23)16-18-7-3-2-4-8-18/h2-13,15,23H,14,16,24H2,1H3. The van der Waals surface area contributed by atoms with Crippen LogP contribution in [0.5, 0.6) is 0 Å². The van der Waals surface area contributed by atoms with Crippen molar-refractivity contribution in [2.45, 2.75) is 26.3 Å². The molecule has 1 aliphatic rings. The van der Waals surface area contributed by atoms with E-state index in [9.17, 15) is 0 Å². The summed E-state index contributed by atoms with van der Waals surface area (Å²) in [6.07, 6.45) is 3.90. The Balaban J connectivity index is 1.66. The molecule has 5 heteroatoms. The third-order valence-electron chi connectivity index (χ3n) is 5.45. The van der Waals surface area contributed by atoms with Gasteiger partial charge in [-0.05, 0) is 42.3 Å². The average Bonchev–Trinajstić information content (AvgIpc) is 3.33. The van der Waals surface area contributed by atoms with Gasteiger partial charge < -0.3 is 10.3 Å². The third kappa shape index (κ3) is 2.63. The summed E-state index contributed by atoms with van der Waals surface area (Å²) in [5.74, 6) is 0. The van der Waals surface area contributed by atoms with E-state index in [1.165, 1.54) is 16.6 Å². The van der Waals surface area contributed by atoms with Crippen LogP contribution in [0.4, 0.5) is 0 Å². The first-order valence-electron chi connectivity index (χ1n) is 9.57. The smallest absolute Gasteiger partial charge is 0.216 e. The Morgan fingerprint density at radius 3 is 2.68 bits per heavy atom. The Labute approximate surface area is 164 Å². The maximum atomic E-state index is 5.98. The van der Waals surface area contributed by atoms with Gasteiger partial charge in [0.05, 0.1) is 24.0 Å². The molecule has 0 saturated heterocycles. The summed E-state index contributed by atoms with van der Waals surface area (Å²) in [6.45, 7) is 3.44. The summed E-state index contributed by atoms with van der Waals surface area (Å²) < 4.78 is 4.50.